The highest BCUT2D eigenvalue weighted by Gasteiger charge is 2.17. The van der Waals surface area contributed by atoms with Crippen molar-refractivity contribution in [2.24, 2.45) is 0 Å². The van der Waals surface area contributed by atoms with E-state index in [4.69, 9.17) is 11.6 Å². The van der Waals surface area contributed by atoms with Gasteiger partial charge < -0.3 is 15.4 Å². The Bertz CT molecular complexity index is 1110. The molecule has 5 nitrogen and oxygen atoms in total. The van der Waals surface area contributed by atoms with E-state index >= 15 is 0 Å². The number of benzene rings is 3. The largest absolute Gasteiger partial charge is 0.506 e. The van der Waals surface area contributed by atoms with Crippen LogP contribution in [0.4, 0.5) is 0 Å². The summed E-state index contributed by atoms with van der Waals surface area (Å²) in [5, 5.41) is 13.7. The van der Waals surface area contributed by atoms with Crippen molar-refractivity contribution in [1.82, 2.24) is 15.3 Å². The van der Waals surface area contributed by atoms with E-state index in [9.17, 15) is 9.90 Å². The van der Waals surface area contributed by atoms with Gasteiger partial charge >= 0.3 is 0 Å². The number of nitrogens with zero attached hydrogens (tertiary/aromatic N) is 1. The first-order chi connectivity index (χ1) is 13.1. The zero-order valence-corrected chi connectivity index (χ0v) is 15.0. The predicted octanol–water partition coefficient (Wildman–Crippen LogP) is 4.52. The van der Waals surface area contributed by atoms with Gasteiger partial charge in [0.15, 0.2) is 0 Å². The molecule has 0 fully saturated rings. The van der Waals surface area contributed by atoms with Gasteiger partial charge in [0.2, 0.25) is 0 Å². The summed E-state index contributed by atoms with van der Waals surface area (Å²) in [4.78, 5) is 20.3. The van der Waals surface area contributed by atoms with Gasteiger partial charge in [0.1, 0.15) is 22.6 Å². The first-order valence-corrected chi connectivity index (χ1v) is 8.79. The Morgan fingerprint density at radius 2 is 1.78 bits per heavy atom. The van der Waals surface area contributed by atoms with E-state index in [0.717, 1.165) is 11.1 Å². The molecule has 0 aliphatic carbocycles. The summed E-state index contributed by atoms with van der Waals surface area (Å²) in [5.41, 5.74) is 3.06. The standard InChI is InChI=1S/C21H16ClN3O2/c22-15-8-6-14(7-9-15)20-24-18-16(10-11-17(26)19(18)25-20)21(27)23-12-13-4-2-1-3-5-13/h1-11,26H,12H2,(H,23,27)(H,24,25). The van der Waals surface area contributed by atoms with E-state index in [1.54, 1.807) is 18.2 Å². The summed E-state index contributed by atoms with van der Waals surface area (Å²) in [5.74, 6) is 0.343. The molecule has 3 aromatic carbocycles. The zero-order chi connectivity index (χ0) is 18.8. The molecule has 1 aromatic heterocycles. The molecule has 4 rings (SSSR count). The van der Waals surface area contributed by atoms with Gasteiger partial charge in [-0.25, -0.2) is 4.98 Å². The van der Waals surface area contributed by atoms with Crippen LogP contribution < -0.4 is 5.32 Å². The lowest BCUT2D eigenvalue weighted by Gasteiger charge is -2.06. The molecule has 0 radical (unpaired) electrons. The number of carbonyl (C=O) groups excluding carboxylic acids is 1. The van der Waals surface area contributed by atoms with Crippen molar-refractivity contribution in [3.63, 3.8) is 0 Å². The fourth-order valence-corrected chi connectivity index (χ4v) is 3.01. The van der Waals surface area contributed by atoms with Crippen LogP contribution in [0.5, 0.6) is 5.75 Å². The minimum Gasteiger partial charge on any atom is -0.506 e. The maximum Gasteiger partial charge on any atom is 0.253 e. The van der Waals surface area contributed by atoms with E-state index in [1.165, 1.54) is 6.07 Å². The van der Waals surface area contributed by atoms with E-state index in [-0.39, 0.29) is 11.7 Å². The summed E-state index contributed by atoms with van der Waals surface area (Å²) in [7, 11) is 0. The Labute approximate surface area is 160 Å². The van der Waals surface area contributed by atoms with E-state index in [2.05, 4.69) is 15.3 Å². The van der Waals surface area contributed by atoms with Crippen molar-refractivity contribution in [2.45, 2.75) is 6.54 Å². The Morgan fingerprint density at radius 3 is 2.52 bits per heavy atom. The van der Waals surface area contributed by atoms with Gasteiger partial charge in [-0.2, -0.15) is 0 Å². The Kier molecular flexibility index (Phi) is 4.52. The van der Waals surface area contributed by atoms with Gasteiger partial charge in [-0.1, -0.05) is 41.9 Å². The van der Waals surface area contributed by atoms with Crippen LogP contribution in [-0.4, -0.2) is 21.0 Å². The SMILES string of the molecule is O=C(NCc1ccccc1)c1ccc(O)c2[nH]c(-c3ccc(Cl)cc3)nc12. The van der Waals surface area contributed by atoms with Crippen molar-refractivity contribution in [1.29, 1.82) is 0 Å². The molecule has 6 heteroatoms. The van der Waals surface area contributed by atoms with Crippen LogP contribution in [0.25, 0.3) is 22.4 Å². The van der Waals surface area contributed by atoms with E-state index in [1.807, 2.05) is 42.5 Å². The van der Waals surface area contributed by atoms with Crippen LogP contribution in [0.2, 0.25) is 5.02 Å². The molecule has 0 atom stereocenters. The molecule has 3 N–H and O–H groups in total. The molecule has 0 aliphatic heterocycles. The second-order valence-corrected chi connectivity index (χ2v) is 6.55. The minimum absolute atomic E-state index is 0.0392. The number of phenols is 1. The summed E-state index contributed by atoms with van der Waals surface area (Å²) in [6.45, 7) is 0.413. The number of amides is 1. The van der Waals surface area contributed by atoms with Crippen molar-refractivity contribution in [2.75, 3.05) is 0 Å². The number of aromatic amines is 1. The molecule has 0 bridgehead atoms. The molecule has 0 aliphatic rings. The molecule has 0 unspecified atom stereocenters. The molecule has 134 valence electrons. The third kappa shape index (κ3) is 3.50. The first kappa shape index (κ1) is 17.1. The lowest BCUT2D eigenvalue weighted by Crippen LogP contribution is -2.23. The Hall–Kier alpha value is -3.31. The van der Waals surface area contributed by atoms with Gasteiger partial charge in [-0.15, -0.1) is 0 Å². The lowest BCUT2D eigenvalue weighted by atomic mass is 10.1. The molecule has 1 heterocycles. The average molecular weight is 378 g/mol. The number of nitrogens with one attached hydrogen (secondary N) is 2. The minimum atomic E-state index is -0.252. The third-order valence-corrected chi connectivity index (χ3v) is 4.53. The quantitative estimate of drug-likeness (QED) is 0.489. The van der Waals surface area contributed by atoms with E-state index < -0.39 is 0 Å². The van der Waals surface area contributed by atoms with Gasteiger partial charge in [0.25, 0.3) is 5.91 Å². The molecule has 0 saturated heterocycles. The molecule has 1 amide bonds. The van der Waals surface area contributed by atoms with Gasteiger partial charge in [0, 0.05) is 17.1 Å². The molecular weight excluding hydrogens is 362 g/mol. The maximum atomic E-state index is 12.7. The number of aromatic nitrogens is 2. The number of aromatic hydroxyl groups is 1. The van der Waals surface area contributed by atoms with Crippen LogP contribution in [0.3, 0.4) is 0 Å². The highest BCUT2D eigenvalue weighted by atomic mass is 35.5. The summed E-state index contributed by atoms with van der Waals surface area (Å²) < 4.78 is 0. The highest BCUT2D eigenvalue weighted by molar-refractivity contribution is 6.30. The van der Waals surface area contributed by atoms with Crippen LogP contribution in [0.15, 0.2) is 66.7 Å². The highest BCUT2D eigenvalue weighted by Crippen LogP contribution is 2.29. The van der Waals surface area contributed by atoms with Crippen molar-refractivity contribution >= 4 is 28.5 Å². The first-order valence-electron chi connectivity index (χ1n) is 8.41. The summed E-state index contributed by atoms with van der Waals surface area (Å²) in [6, 6.07) is 19.9. The Morgan fingerprint density at radius 1 is 1.04 bits per heavy atom. The monoisotopic (exact) mass is 377 g/mol. The molecule has 0 saturated carbocycles. The van der Waals surface area contributed by atoms with Crippen LogP contribution in [0.1, 0.15) is 15.9 Å². The van der Waals surface area contributed by atoms with Crippen molar-refractivity contribution in [3.8, 4) is 17.1 Å². The topological polar surface area (TPSA) is 78.0 Å². The van der Waals surface area contributed by atoms with Gasteiger partial charge in [0.05, 0.1) is 5.56 Å². The average Bonchev–Trinajstić information content (AvgIpc) is 3.14. The second-order valence-electron chi connectivity index (χ2n) is 6.12. The number of fused-ring (bicyclic) bond motifs is 1. The van der Waals surface area contributed by atoms with Gasteiger partial charge in [-0.3, -0.25) is 4.79 Å². The lowest BCUT2D eigenvalue weighted by molar-refractivity contribution is 0.0952. The molecule has 27 heavy (non-hydrogen) atoms. The number of carbonyl (C=O) groups is 1. The number of imidazole rings is 1. The van der Waals surface area contributed by atoms with Gasteiger partial charge in [-0.05, 0) is 42.0 Å². The normalized spacial score (nSPS) is 10.9. The number of phenolic OH excluding ortho intramolecular Hbond substituents is 1. The molecular formula is C21H16ClN3O2. The van der Waals surface area contributed by atoms with Crippen molar-refractivity contribution < 1.29 is 9.90 Å². The maximum absolute atomic E-state index is 12.7. The summed E-state index contributed by atoms with van der Waals surface area (Å²) in [6.07, 6.45) is 0. The number of H-pyrrole nitrogens is 1. The fraction of sp³-hybridized carbons (Fsp3) is 0.0476. The number of rotatable bonds is 4. The smallest absolute Gasteiger partial charge is 0.253 e. The molecule has 0 spiro atoms. The number of halogens is 1. The van der Waals surface area contributed by atoms with Crippen LogP contribution in [0, 0.1) is 0 Å². The molecule has 4 aromatic rings. The summed E-state index contributed by atoms with van der Waals surface area (Å²) >= 11 is 5.93. The number of hydrogen-bond acceptors (Lipinski definition) is 3. The second kappa shape index (κ2) is 7.13. The number of hydrogen-bond donors (Lipinski definition) is 3. The third-order valence-electron chi connectivity index (χ3n) is 4.28. The van der Waals surface area contributed by atoms with Crippen LogP contribution in [-0.2, 0) is 6.54 Å². The van der Waals surface area contributed by atoms with Crippen LogP contribution >= 0.6 is 11.6 Å². The fourth-order valence-electron chi connectivity index (χ4n) is 2.88. The van der Waals surface area contributed by atoms with E-state index in [0.29, 0.717) is 34.0 Å². The Balaban J connectivity index is 1.67. The predicted molar refractivity (Wildman–Crippen MR) is 106 cm³/mol. The van der Waals surface area contributed by atoms with Crippen molar-refractivity contribution in [3.05, 3.63) is 82.9 Å². The zero-order valence-electron chi connectivity index (χ0n) is 14.2.